The van der Waals surface area contributed by atoms with Crippen molar-refractivity contribution < 1.29 is 4.79 Å². The Bertz CT molecular complexity index is 362. The van der Waals surface area contributed by atoms with Crippen LogP contribution >= 0.6 is 23.2 Å². The van der Waals surface area contributed by atoms with Crippen molar-refractivity contribution in [3.05, 3.63) is 33.8 Å². The molecule has 1 amide bonds. The molecule has 0 unspecified atom stereocenters. The summed E-state index contributed by atoms with van der Waals surface area (Å²) in [5.74, 6) is -0.161. The van der Waals surface area contributed by atoms with Gasteiger partial charge < -0.3 is 10.2 Å². The van der Waals surface area contributed by atoms with Crippen LogP contribution in [0.2, 0.25) is 10.0 Å². The lowest BCUT2D eigenvalue weighted by Gasteiger charge is -2.18. The third-order valence-electron chi connectivity index (χ3n) is 2.22. The van der Waals surface area contributed by atoms with Gasteiger partial charge in [-0.15, -0.1) is 0 Å². The normalized spacial score (nSPS) is 10.2. The number of likely N-dealkylation sites (N-methyl/N-ethyl adjacent to an activating group) is 2. The molecule has 0 heterocycles. The van der Waals surface area contributed by atoms with Gasteiger partial charge in [0.05, 0.1) is 15.6 Å². The van der Waals surface area contributed by atoms with E-state index >= 15 is 0 Å². The van der Waals surface area contributed by atoms with E-state index in [1.165, 1.54) is 0 Å². The maximum absolute atomic E-state index is 12.0. The SMILES string of the molecule is CNCCN(C)C(=O)c1c(Cl)cccc1Cl. The van der Waals surface area contributed by atoms with Crippen molar-refractivity contribution in [2.24, 2.45) is 0 Å². The second-order valence-corrected chi connectivity index (χ2v) is 4.24. The molecule has 0 aliphatic rings. The summed E-state index contributed by atoms with van der Waals surface area (Å²) in [5, 5.41) is 3.74. The second kappa shape index (κ2) is 6.09. The maximum Gasteiger partial charge on any atom is 0.256 e. The van der Waals surface area contributed by atoms with Crippen molar-refractivity contribution in [1.29, 1.82) is 0 Å². The molecule has 1 rings (SSSR count). The molecular weight excluding hydrogens is 247 g/mol. The largest absolute Gasteiger partial charge is 0.340 e. The quantitative estimate of drug-likeness (QED) is 0.901. The van der Waals surface area contributed by atoms with Gasteiger partial charge in [-0.3, -0.25) is 4.79 Å². The lowest BCUT2D eigenvalue weighted by molar-refractivity contribution is 0.0797. The lowest BCUT2D eigenvalue weighted by atomic mass is 10.2. The third-order valence-corrected chi connectivity index (χ3v) is 2.85. The van der Waals surface area contributed by atoms with Crippen LogP contribution in [0, 0.1) is 0 Å². The number of hydrogen-bond acceptors (Lipinski definition) is 2. The van der Waals surface area contributed by atoms with E-state index in [1.807, 2.05) is 7.05 Å². The third kappa shape index (κ3) is 3.11. The second-order valence-electron chi connectivity index (χ2n) is 3.43. The monoisotopic (exact) mass is 260 g/mol. The number of amides is 1. The van der Waals surface area contributed by atoms with Gasteiger partial charge in [0, 0.05) is 20.1 Å². The molecule has 16 heavy (non-hydrogen) atoms. The van der Waals surface area contributed by atoms with E-state index in [4.69, 9.17) is 23.2 Å². The summed E-state index contributed by atoms with van der Waals surface area (Å²) in [4.78, 5) is 13.6. The van der Waals surface area contributed by atoms with E-state index in [-0.39, 0.29) is 5.91 Å². The average molecular weight is 261 g/mol. The van der Waals surface area contributed by atoms with Gasteiger partial charge in [-0.05, 0) is 19.2 Å². The number of benzene rings is 1. The zero-order valence-electron chi connectivity index (χ0n) is 9.26. The minimum atomic E-state index is -0.161. The molecule has 0 saturated heterocycles. The van der Waals surface area contributed by atoms with Crippen LogP contribution in [0.1, 0.15) is 10.4 Å². The number of carbonyl (C=O) groups excluding carboxylic acids is 1. The standard InChI is InChI=1S/C11H14Cl2N2O/c1-14-6-7-15(2)11(16)10-8(12)4-3-5-9(10)13/h3-5,14H,6-7H2,1-2H3. The van der Waals surface area contributed by atoms with Gasteiger partial charge in [-0.25, -0.2) is 0 Å². The van der Waals surface area contributed by atoms with E-state index in [0.29, 0.717) is 22.2 Å². The number of nitrogens with zero attached hydrogens (tertiary/aromatic N) is 1. The average Bonchev–Trinajstić information content (AvgIpc) is 2.25. The molecule has 0 bridgehead atoms. The summed E-state index contributed by atoms with van der Waals surface area (Å²) in [6.07, 6.45) is 0. The first kappa shape index (κ1) is 13.3. The van der Waals surface area contributed by atoms with Crippen molar-refractivity contribution in [2.75, 3.05) is 27.2 Å². The molecule has 0 saturated carbocycles. The first-order chi connectivity index (χ1) is 7.57. The van der Waals surface area contributed by atoms with Gasteiger partial charge >= 0.3 is 0 Å². The first-order valence-corrected chi connectivity index (χ1v) is 5.67. The zero-order chi connectivity index (χ0) is 12.1. The molecular formula is C11H14Cl2N2O. The topological polar surface area (TPSA) is 32.3 Å². The Morgan fingerprint density at radius 2 is 1.94 bits per heavy atom. The number of nitrogens with one attached hydrogen (secondary N) is 1. The van der Waals surface area contributed by atoms with Crippen LogP contribution in [0.5, 0.6) is 0 Å². The van der Waals surface area contributed by atoms with E-state index in [0.717, 1.165) is 6.54 Å². The van der Waals surface area contributed by atoms with Crippen LogP contribution in [-0.2, 0) is 0 Å². The van der Waals surface area contributed by atoms with Gasteiger partial charge in [-0.2, -0.15) is 0 Å². The molecule has 0 aromatic heterocycles. The summed E-state index contributed by atoms with van der Waals surface area (Å²) in [6, 6.07) is 5.04. The molecule has 0 aliphatic carbocycles. The highest BCUT2D eigenvalue weighted by molar-refractivity contribution is 6.39. The Morgan fingerprint density at radius 1 is 1.38 bits per heavy atom. The summed E-state index contributed by atoms with van der Waals surface area (Å²) in [6.45, 7) is 1.33. The van der Waals surface area contributed by atoms with Crippen LogP contribution in [0.15, 0.2) is 18.2 Å². The van der Waals surface area contributed by atoms with E-state index in [1.54, 1.807) is 30.1 Å². The van der Waals surface area contributed by atoms with Gasteiger partial charge in [0.2, 0.25) is 0 Å². The fraction of sp³-hybridized carbons (Fsp3) is 0.364. The molecule has 0 aliphatic heterocycles. The van der Waals surface area contributed by atoms with E-state index < -0.39 is 0 Å². The van der Waals surface area contributed by atoms with Crippen LogP contribution in [0.3, 0.4) is 0 Å². The Morgan fingerprint density at radius 3 is 2.44 bits per heavy atom. The van der Waals surface area contributed by atoms with E-state index in [9.17, 15) is 4.79 Å². The number of carbonyl (C=O) groups is 1. The molecule has 1 aromatic carbocycles. The van der Waals surface area contributed by atoms with Crippen LogP contribution in [0.4, 0.5) is 0 Å². The fourth-order valence-corrected chi connectivity index (χ4v) is 1.83. The van der Waals surface area contributed by atoms with Gasteiger partial charge in [-0.1, -0.05) is 29.3 Å². The van der Waals surface area contributed by atoms with Gasteiger partial charge in [0.1, 0.15) is 0 Å². The number of halogens is 2. The van der Waals surface area contributed by atoms with Crippen LogP contribution in [0.25, 0.3) is 0 Å². The van der Waals surface area contributed by atoms with Crippen molar-refractivity contribution in [2.45, 2.75) is 0 Å². The zero-order valence-corrected chi connectivity index (χ0v) is 10.8. The Kier molecular flexibility index (Phi) is 5.06. The smallest absolute Gasteiger partial charge is 0.256 e. The highest BCUT2D eigenvalue weighted by Gasteiger charge is 2.17. The first-order valence-electron chi connectivity index (χ1n) is 4.92. The lowest BCUT2D eigenvalue weighted by Crippen LogP contribution is -2.33. The van der Waals surface area contributed by atoms with Gasteiger partial charge in [0.25, 0.3) is 5.91 Å². The predicted octanol–water partition coefficient (Wildman–Crippen LogP) is 2.28. The Hall–Kier alpha value is -0.770. The molecule has 88 valence electrons. The van der Waals surface area contributed by atoms with Crippen molar-refractivity contribution in [3.63, 3.8) is 0 Å². The Balaban J connectivity index is 2.87. The minimum absolute atomic E-state index is 0.161. The molecule has 0 spiro atoms. The minimum Gasteiger partial charge on any atom is -0.340 e. The van der Waals surface area contributed by atoms with Crippen LogP contribution in [-0.4, -0.2) is 38.0 Å². The number of hydrogen-bond donors (Lipinski definition) is 1. The summed E-state index contributed by atoms with van der Waals surface area (Å²) >= 11 is 11.9. The maximum atomic E-state index is 12.0. The number of rotatable bonds is 4. The molecule has 0 atom stereocenters. The van der Waals surface area contributed by atoms with Crippen molar-refractivity contribution in [1.82, 2.24) is 10.2 Å². The Labute approximate surface area is 105 Å². The van der Waals surface area contributed by atoms with Crippen molar-refractivity contribution in [3.8, 4) is 0 Å². The summed E-state index contributed by atoms with van der Waals surface area (Å²) < 4.78 is 0. The molecule has 3 nitrogen and oxygen atoms in total. The molecule has 0 radical (unpaired) electrons. The highest BCUT2D eigenvalue weighted by atomic mass is 35.5. The van der Waals surface area contributed by atoms with Gasteiger partial charge in [0.15, 0.2) is 0 Å². The predicted molar refractivity (Wildman–Crippen MR) is 67.3 cm³/mol. The van der Waals surface area contributed by atoms with Crippen LogP contribution < -0.4 is 5.32 Å². The molecule has 5 heteroatoms. The molecule has 0 fully saturated rings. The summed E-state index contributed by atoms with van der Waals surface area (Å²) in [5.41, 5.74) is 0.365. The highest BCUT2D eigenvalue weighted by Crippen LogP contribution is 2.25. The molecule has 1 aromatic rings. The fourth-order valence-electron chi connectivity index (χ4n) is 1.27. The summed E-state index contributed by atoms with van der Waals surface area (Å²) in [7, 11) is 3.56. The molecule has 1 N–H and O–H groups in total. The van der Waals surface area contributed by atoms with Crippen molar-refractivity contribution >= 4 is 29.1 Å². The van der Waals surface area contributed by atoms with E-state index in [2.05, 4.69) is 5.32 Å².